The van der Waals surface area contributed by atoms with Gasteiger partial charge in [0.05, 0.1) is 13.7 Å². The number of fused-ring (bicyclic) bond motifs is 1. The number of imidazole rings is 1. The quantitative estimate of drug-likeness (QED) is 0.583. The van der Waals surface area contributed by atoms with Gasteiger partial charge in [-0.25, -0.2) is 14.6 Å². The van der Waals surface area contributed by atoms with Gasteiger partial charge in [0, 0.05) is 19.3 Å². The molecule has 1 aromatic heterocycles. The molecule has 120 valence electrons. The van der Waals surface area contributed by atoms with Crippen LogP contribution >= 0.6 is 0 Å². The lowest BCUT2D eigenvalue weighted by molar-refractivity contribution is 0.0195. The average molecular weight is 307 g/mol. The number of methoxy groups -OCH3 is 1. The van der Waals surface area contributed by atoms with E-state index in [9.17, 15) is 9.59 Å². The number of carbonyl (C=O) groups excluding carboxylic acids is 2. The molecule has 0 spiro atoms. The van der Waals surface area contributed by atoms with Crippen LogP contribution in [0.4, 0.5) is 4.79 Å². The second-order valence-electron chi connectivity index (χ2n) is 5.63. The van der Waals surface area contributed by atoms with Gasteiger partial charge >= 0.3 is 12.1 Å². The molecule has 1 aromatic rings. The van der Waals surface area contributed by atoms with Crippen LogP contribution in [0, 0.1) is 12.8 Å². The van der Waals surface area contributed by atoms with Crippen molar-refractivity contribution in [2.45, 2.75) is 39.5 Å². The zero-order valence-electron chi connectivity index (χ0n) is 13.3. The van der Waals surface area contributed by atoms with Gasteiger partial charge in [-0.15, -0.1) is 12.8 Å². The minimum absolute atomic E-state index is 0.258. The van der Waals surface area contributed by atoms with Crippen LogP contribution in [-0.4, -0.2) is 45.8 Å². The Morgan fingerprint density at radius 2 is 1.91 bits per heavy atom. The van der Waals surface area contributed by atoms with E-state index in [1.54, 1.807) is 11.1 Å². The van der Waals surface area contributed by atoms with E-state index in [-0.39, 0.29) is 11.8 Å². The highest BCUT2D eigenvalue weighted by molar-refractivity contribution is 5.87. The zero-order valence-corrected chi connectivity index (χ0v) is 13.3. The SMILES string of the molecule is C#C.COC(=O)c1cn2c(n1)CN(C(=O)OC(C)(C)C)CC2. The summed E-state index contributed by atoms with van der Waals surface area (Å²) in [5.41, 5.74) is -0.269. The van der Waals surface area contributed by atoms with Crippen LogP contribution < -0.4 is 0 Å². The largest absolute Gasteiger partial charge is 0.464 e. The van der Waals surface area contributed by atoms with Crippen molar-refractivity contribution in [1.82, 2.24) is 14.5 Å². The van der Waals surface area contributed by atoms with Crippen molar-refractivity contribution in [3.63, 3.8) is 0 Å². The lowest BCUT2D eigenvalue weighted by Gasteiger charge is -2.30. The summed E-state index contributed by atoms with van der Waals surface area (Å²) in [7, 11) is 1.31. The number of amides is 1. The Morgan fingerprint density at radius 3 is 2.45 bits per heavy atom. The molecule has 0 N–H and O–H groups in total. The first-order valence-corrected chi connectivity index (χ1v) is 6.76. The summed E-state index contributed by atoms with van der Waals surface area (Å²) in [6.45, 7) is 6.91. The van der Waals surface area contributed by atoms with Crippen molar-refractivity contribution in [3.8, 4) is 12.8 Å². The van der Waals surface area contributed by atoms with Crippen molar-refractivity contribution < 1.29 is 19.1 Å². The number of hydrogen-bond donors (Lipinski definition) is 0. The molecule has 2 rings (SSSR count). The summed E-state index contributed by atoms with van der Waals surface area (Å²) in [6.07, 6.45) is 9.28. The van der Waals surface area contributed by atoms with Crippen LogP contribution in [-0.2, 0) is 22.6 Å². The van der Waals surface area contributed by atoms with E-state index >= 15 is 0 Å². The molecule has 1 aliphatic heterocycles. The first-order chi connectivity index (χ1) is 10.3. The van der Waals surface area contributed by atoms with Crippen molar-refractivity contribution in [1.29, 1.82) is 0 Å². The number of esters is 1. The molecular formula is C15H21N3O4. The van der Waals surface area contributed by atoms with Gasteiger partial charge in [0.15, 0.2) is 5.69 Å². The van der Waals surface area contributed by atoms with E-state index in [0.29, 0.717) is 25.5 Å². The summed E-state index contributed by atoms with van der Waals surface area (Å²) in [5, 5.41) is 0. The first-order valence-electron chi connectivity index (χ1n) is 6.76. The molecule has 0 saturated carbocycles. The molecular weight excluding hydrogens is 286 g/mol. The second kappa shape index (κ2) is 6.98. The topological polar surface area (TPSA) is 73.7 Å². The highest BCUT2D eigenvalue weighted by Crippen LogP contribution is 2.17. The molecule has 0 bridgehead atoms. The van der Waals surface area contributed by atoms with Gasteiger partial charge in [-0.3, -0.25) is 4.90 Å². The van der Waals surface area contributed by atoms with E-state index in [0.717, 1.165) is 0 Å². The lowest BCUT2D eigenvalue weighted by Crippen LogP contribution is -2.41. The Morgan fingerprint density at radius 1 is 1.27 bits per heavy atom. The average Bonchev–Trinajstić information content (AvgIpc) is 2.89. The van der Waals surface area contributed by atoms with Gasteiger partial charge in [0.25, 0.3) is 0 Å². The Labute approximate surface area is 130 Å². The molecule has 1 amide bonds. The van der Waals surface area contributed by atoms with Crippen molar-refractivity contribution in [2.24, 2.45) is 0 Å². The maximum absolute atomic E-state index is 12.0. The molecule has 7 nitrogen and oxygen atoms in total. The van der Waals surface area contributed by atoms with Crippen LogP contribution in [0.2, 0.25) is 0 Å². The summed E-state index contributed by atoms with van der Waals surface area (Å²) in [5.74, 6) is 0.179. The number of rotatable bonds is 1. The highest BCUT2D eigenvalue weighted by atomic mass is 16.6. The Hall–Kier alpha value is -2.49. The third kappa shape index (κ3) is 4.25. The molecule has 0 aromatic carbocycles. The van der Waals surface area contributed by atoms with E-state index in [1.807, 2.05) is 25.3 Å². The Kier molecular flexibility index (Phi) is 5.57. The number of ether oxygens (including phenoxy) is 2. The van der Waals surface area contributed by atoms with Crippen LogP contribution in [0.1, 0.15) is 37.1 Å². The standard InChI is InChI=1S/C13H19N3O4.C2H2/c1-13(2,3)20-12(18)16-6-5-15-7-9(11(17)19-4)14-10(15)8-16;1-2/h7H,5-6,8H2,1-4H3;1-2H. The Balaban J connectivity index is 0.00000116. The monoisotopic (exact) mass is 307 g/mol. The predicted octanol–water partition coefficient (Wildman–Crippen LogP) is 1.67. The minimum Gasteiger partial charge on any atom is -0.464 e. The molecule has 0 saturated heterocycles. The van der Waals surface area contributed by atoms with Crippen LogP contribution in [0.15, 0.2) is 6.20 Å². The summed E-state index contributed by atoms with van der Waals surface area (Å²) < 4.78 is 11.8. The van der Waals surface area contributed by atoms with E-state index in [2.05, 4.69) is 22.6 Å². The van der Waals surface area contributed by atoms with Crippen LogP contribution in [0.5, 0.6) is 0 Å². The van der Waals surface area contributed by atoms with Gasteiger partial charge < -0.3 is 14.0 Å². The van der Waals surface area contributed by atoms with Crippen molar-refractivity contribution in [3.05, 3.63) is 17.7 Å². The second-order valence-corrected chi connectivity index (χ2v) is 5.63. The maximum Gasteiger partial charge on any atom is 0.410 e. The molecule has 7 heteroatoms. The predicted molar refractivity (Wildman–Crippen MR) is 80.1 cm³/mol. The number of hydrogen-bond acceptors (Lipinski definition) is 5. The van der Waals surface area contributed by atoms with Crippen LogP contribution in [0.25, 0.3) is 0 Å². The Bertz CT molecular complexity index is 569. The fraction of sp³-hybridized carbons (Fsp3) is 0.533. The summed E-state index contributed by atoms with van der Waals surface area (Å²) in [4.78, 5) is 29.2. The smallest absolute Gasteiger partial charge is 0.410 e. The van der Waals surface area contributed by atoms with E-state index in [1.165, 1.54) is 7.11 Å². The van der Waals surface area contributed by atoms with Crippen molar-refractivity contribution >= 4 is 12.1 Å². The molecule has 1 aliphatic rings. The summed E-state index contributed by atoms with van der Waals surface area (Å²) in [6, 6.07) is 0. The molecule has 0 radical (unpaired) electrons. The first kappa shape index (κ1) is 17.6. The molecule has 0 atom stereocenters. The number of carbonyl (C=O) groups is 2. The van der Waals surface area contributed by atoms with Gasteiger partial charge in [-0.1, -0.05) is 0 Å². The maximum atomic E-state index is 12.0. The van der Waals surface area contributed by atoms with E-state index in [4.69, 9.17) is 4.74 Å². The molecule has 0 unspecified atom stereocenters. The zero-order chi connectivity index (χ0) is 16.9. The third-order valence-corrected chi connectivity index (χ3v) is 2.85. The molecule has 0 aliphatic carbocycles. The normalized spacial score (nSPS) is 13.5. The molecule has 0 fully saturated rings. The fourth-order valence-corrected chi connectivity index (χ4v) is 1.94. The lowest BCUT2D eigenvalue weighted by atomic mass is 10.2. The summed E-state index contributed by atoms with van der Waals surface area (Å²) >= 11 is 0. The van der Waals surface area contributed by atoms with E-state index < -0.39 is 11.6 Å². The van der Waals surface area contributed by atoms with Gasteiger partial charge in [0.1, 0.15) is 11.4 Å². The van der Waals surface area contributed by atoms with Crippen molar-refractivity contribution in [2.75, 3.05) is 13.7 Å². The fourth-order valence-electron chi connectivity index (χ4n) is 1.94. The minimum atomic E-state index is -0.527. The number of nitrogens with zero attached hydrogens (tertiary/aromatic N) is 3. The molecule has 22 heavy (non-hydrogen) atoms. The van der Waals surface area contributed by atoms with Gasteiger partial charge in [-0.05, 0) is 20.8 Å². The van der Waals surface area contributed by atoms with Gasteiger partial charge in [0.2, 0.25) is 0 Å². The highest BCUT2D eigenvalue weighted by Gasteiger charge is 2.27. The van der Waals surface area contributed by atoms with Gasteiger partial charge in [-0.2, -0.15) is 0 Å². The number of aromatic nitrogens is 2. The third-order valence-electron chi connectivity index (χ3n) is 2.85. The number of terminal acetylenes is 1. The van der Waals surface area contributed by atoms with Crippen LogP contribution in [0.3, 0.4) is 0 Å². The molecule has 2 heterocycles.